The fraction of sp³-hybridized carbons (Fsp3) is 0.250. The van der Waals surface area contributed by atoms with Gasteiger partial charge in [-0.1, -0.05) is 32.0 Å². The molecule has 0 bridgehead atoms. The van der Waals surface area contributed by atoms with Crippen molar-refractivity contribution >= 4 is 17.5 Å². The second-order valence-electron chi connectivity index (χ2n) is 9.99. The topological polar surface area (TPSA) is 81.0 Å². The van der Waals surface area contributed by atoms with E-state index in [9.17, 15) is 14.0 Å². The number of nitrogens with one attached hydrogen (secondary N) is 1. The van der Waals surface area contributed by atoms with Crippen molar-refractivity contribution in [3.63, 3.8) is 0 Å². The number of ether oxygens (including phenoxy) is 2. The number of benzene rings is 3. The number of fused-ring (bicyclic) bond motifs is 1. The van der Waals surface area contributed by atoms with E-state index in [2.05, 4.69) is 5.32 Å². The van der Waals surface area contributed by atoms with Crippen LogP contribution in [0.5, 0.6) is 11.5 Å². The van der Waals surface area contributed by atoms with E-state index >= 15 is 0 Å². The number of hydrogen-bond acceptors (Lipinski definition) is 5. The fourth-order valence-electron chi connectivity index (χ4n) is 4.86. The molecule has 1 aromatic heterocycles. The zero-order chi connectivity index (χ0) is 28.2. The summed E-state index contributed by atoms with van der Waals surface area (Å²) in [5.41, 5.74) is 3.52. The summed E-state index contributed by atoms with van der Waals surface area (Å²) in [6, 6.07) is 22.1. The number of anilines is 1. The molecule has 1 atom stereocenters. The smallest absolute Gasteiger partial charge is 0.291 e. The Morgan fingerprint density at radius 2 is 1.73 bits per heavy atom. The molecule has 1 N–H and O–H groups in total. The SMILES string of the molecule is COc1ccc(NC(=O)c2ccc(COc3ccc4c(c3)C(c3ccc(F)cc3)N(C(=O)C(C)C)CC4)o2)cc1. The average molecular weight is 543 g/mol. The molecule has 0 spiro atoms. The van der Waals surface area contributed by atoms with Gasteiger partial charge in [-0.05, 0) is 83.8 Å². The number of hydrogen-bond donors (Lipinski definition) is 1. The van der Waals surface area contributed by atoms with Gasteiger partial charge in [0, 0.05) is 18.2 Å². The maximum absolute atomic E-state index is 13.7. The number of carbonyl (C=O) groups is 2. The van der Waals surface area contributed by atoms with Crippen LogP contribution >= 0.6 is 0 Å². The first-order valence-electron chi connectivity index (χ1n) is 13.2. The molecule has 206 valence electrons. The van der Waals surface area contributed by atoms with Gasteiger partial charge in [0.1, 0.15) is 29.7 Å². The lowest BCUT2D eigenvalue weighted by atomic mass is 9.87. The Morgan fingerprint density at radius 1 is 1.00 bits per heavy atom. The van der Waals surface area contributed by atoms with Crippen LogP contribution in [0.1, 0.15) is 52.9 Å². The molecule has 40 heavy (non-hydrogen) atoms. The van der Waals surface area contributed by atoms with Crippen LogP contribution in [0.2, 0.25) is 0 Å². The van der Waals surface area contributed by atoms with Crippen LogP contribution in [0, 0.1) is 11.7 Å². The summed E-state index contributed by atoms with van der Waals surface area (Å²) in [7, 11) is 1.58. The van der Waals surface area contributed by atoms with E-state index in [1.807, 2.05) is 36.9 Å². The van der Waals surface area contributed by atoms with E-state index in [0.717, 1.165) is 23.1 Å². The number of furan rings is 1. The summed E-state index contributed by atoms with van der Waals surface area (Å²) in [5, 5.41) is 2.79. The highest BCUT2D eigenvalue weighted by atomic mass is 19.1. The highest BCUT2D eigenvalue weighted by Gasteiger charge is 2.33. The first kappa shape index (κ1) is 27.0. The van der Waals surface area contributed by atoms with E-state index in [-0.39, 0.29) is 42.0 Å². The van der Waals surface area contributed by atoms with Crippen LogP contribution in [0.3, 0.4) is 0 Å². The Kier molecular flexibility index (Phi) is 7.86. The normalized spacial score (nSPS) is 14.5. The van der Waals surface area contributed by atoms with Gasteiger partial charge in [0.25, 0.3) is 5.91 Å². The minimum Gasteiger partial charge on any atom is -0.497 e. The van der Waals surface area contributed by atoms with Crippen molar-refractivity contribution in [1.29, 1.82) is 0 Å². The Morgan fingerprint density at radius 3 is 2.42 bits per heavy atom. The average Bonchev–Trinajstić information content (AvgIpc) is 3.45. The minimum absolute atomic E-state index is 0.0438. The quantitative estimate of drug-likeness (QED) is 0.279. The van der Waals surface area contributed by atoms with Gasteiger partial charge in [-0.3, -0.25) is 9.59 Å². The van der Waals surface area contributed by atoms with Crippen LogP contribution in [-0.2, 0) is 17.8 Å². The van der Waals surface area contributed by atoms with Gasteiger partial charge in [0.2, 0.25) is 5.91 Å². The summed E-state index contributed by atoms with van der Waals surface area (Å²) >= 11 is 0. The fourth-order valence-corrected chi connectivity index (χ4v) is 4.86. The molecule has 0 saturated heterocycles. The van der Waals surface area contributed by atoms with Gasteiger partial charge < -0.3 is 24.1 Å². The van der Waals surface area contributed by atoms with Gasteiger partial charge in [-0.15, -0.1) is 0 Å². The molecule has 8 heteroatoms. The van der Waals surface area contributed by atoms with E-state index in [4.69, 9.17) is 13.9 Å². The number of amides is 2. The van der Waals surface area contributed by atoms with Gasteiger partial charge in [0.05, 0.1) is 13.2 Å². The number of nitrogens with zero attached hydrogens (tertiary/aromatic N) is 1. The van der Waals surface area contributed by atoms with Gasteiger partial charge in [0.15, 0.2) is 5.76 Å². The van der Waals surface area contributed by atoms with Crippen molar-refractivity contribution in [2.75, 3.05) is 19.0 Å². The van der Waals surface area contributed by atoms with Crippen LogP contribution in [0.15, 0.2) is 83.3 Å². The highest BCUT2D eigenvalue weighted by molar-refractivity contribution is 6.02. The van der Waals surface area contributed by atoms with Crippen molar-refractivity contribution in [3.8, 4) is 11.5 Å². The van der Waals surface area contributed by atoms with Crippen LogP contribution in [0.25, 0.3) is 0 Å². The van der Waals surface area contributed by atoms with Crippen molar-refractivity contribution in [3.05, 3.63) is 113 Å². The molecular weight excluding hydrogens is 511 g/mol. The number of halogens is 1. The standard InChI is InChI=1S/C32H31FN2O5/c1-20(2)32(37)35-17-16-21-6-11-26(18-28(21)30(35)22-4-7-23(33)8-5-22)39-19-27-14-15-29(40-27)31(36)34-24-9-12-25(38-3)13-10-24/h4-15,18,20,30H,16-17,19H2,1-3H3,(H,34,36). The van der Waals surface area contributed by atoms with Crippen molar-refractivity contribution < 1.29 is 27.9 Å². The van der Waals surface area contributed by atoms with Gasteiger partial charge >= 0.3 is 0 Å². The lowest BCUT2D eigenvalue weighted by Crippen LogP contribution is -2.42. The van der Waals surface area contributed by atoms with Gasteiger partial charge in [-0.25, -0.2) is 4.39 Å². The monoisotopic (exact) mass is 542 g/mol. The van der Waals surface area contributed by atoms with E-state index in [0.29, 0.717) is 29.5 Å². The number of methoxy groups -OCH3 is 1. The Bertz CT molecular complexity index is 1490. The molecule has 7 nitrogen and oxygen atoms in total. The lowest BCUT2D eigenvalue weighted by Gasteiger charge is -2.39. The molecule has 3 aromatic carbocycles. The van der Waals surface area contributed by atoms with Crippen LogP contribution in [0.4, 0.5) is 10.1 Å². The predicted octanol–water partition coefficient (Wildman–Crippen LogP) is 6.39. The molecule has 1 unspecified atom stereocenters. The van der Waals surface area contributed by atoms with Crippen molar-refractivity contribution in [2.45, 2.75) is 32.9 Å². The van der Waals surface area contributed by atoms with E-state index in [1.54, 1.807) is 55.6 Å². The number of rotatable bonds is 8. The summed E-state index contributed by atoms with van der Waals surface area (Å²) < 4.78 is 30.6. The third-order valence-electron chi connectivity index (χ3n) is 6.92. The van der Waals surface area contributed by atoms with E-state index < -0.39 is 0 Å². The zero-order valence-corrected chi connectivity index (χ0v) is 22.6. The predicted molar refractivity (Wildman–Crippen MR) is 149 cm³/mol. The maximum Gasteiger partial charge on any atom is 0.291 e. The first-order chi connectivity index (χ1) is 19.3. The zero-order valence-electron chi connectivity index (χ0n) is 22.6. The van der Waals surface area contributed by atoms with Crippen LogP contribution in [-0.4, -0.2) is 30.4 Å². The molecule has 1 aliphatic rings. The highest BCUT2D eigenvalue weighted by Crippen LogP contribution is 2.38. The minimum atomic E-state index is -0.373. The third-order valence-corrected chi connectivity index (χ3v) is 6.92. The molecule has 0 radical (unpaired) electrons. The second kappa shape index (κ2) is 11.7. The second-order valence-corrected chi connectivity index (χ2v) is 9.99. The summed E-state index contributed by atoms with van der Waals surface area (Å²) in [6.07, 6.45) is 0.719. The molecule has 0 fully saturated rings. The summed E-state index contributed by atoms with van der Waals surface area (Å²) in [6.45, 7) is 4.46. The van der Waals surface area contributed by atoms with Crippen molar-refractivity contribution in [2.24, 2.45) is 5.92 Å². The molecule has 1 aliphatic heterocycles. The van der Waals surface area contributed by atoms with Crippen molar-refractivity contribution in [1.82, 2.24) is 4.90 Å². The largest absolute Gasteiger partial charge is 0.497 e. The van der Waals surface area contributed by atoms with E-state index in [1.165, 1.54) is 12.1 Å². The first-order valence-corrected chi connectivity index (χ1v) is 13.2. The Hall–Kier alpha value is -4.59. The number of carbonyl (C=O) groups excluding carboxylic acids is 2. The lowest BCUT2D eigenvalue weighted by molar-refractivity contribution is -0.136. The Balaban J connectivity index is 1.32. The molecule has 5 rings (SSSR count). The molecule has 2 heterocycles. The third kappa shape index (κ3) is 5.86. The molecule has 0 aliphatic carbocycles. The molecule has 2 amide bonds. The molecular formula is C32H31FN2O5. The summed E-state index contributed by atoms with van der Waals surface area (Å²) in [5.74, 6) is 1.13. The molecule has 4 aromatic rings. The molecule has 0 saturated carbocycles. The Labute approximate surface area is 232 Å². The summed E-state index contributed by atoms with van der Waals surface area (Å²) in [4.78, 5) is 27.6. The van der Waals surface area contributed by atoms with Crippen LogP contribution < -0.4 is 14.8 Å². The maximum atomic E-state index is 13.7. The van der Waals surface area contributed by atoms with Gasteiger partial charge in [-0.2, -0.15) is 0 Å².